The standard InChI is InChI=1S/C13H18Br2N2O2S/c1-9(10-3-2-6-16-8-10)17-20(18,19)13-5-4-11(14)7-12(13)15/h4-5,7,9-10,16-17H,2-3,6,8H2,1H3. The average molecular weight is 426 g/mol. The summed E-state index contributed by atoms with van der Waals surface area (Å²) in [6, 6.07) is 4.99. The Labute approximate surface area is 137 Å². The van der Waals surface area contributed by atoms with Gasteiger partial charge in [-0.15, -0.1) is 0 Å². The lowest BCUT2D eigenvalue weighted by Gasteiger charge is -2.28. The quantitative estimate of drug-likeness (QED) is 0.779. The van der Waals surface area contributed by atoms with Crippen molar-refractivity contribution in [2.75, 3.05) is 13.1 Å². The summed E-state index contributed by atoms with van der Waals surface area (Å²) in [6.07, 6.45) is 2.15. The largest absolute Gasteiger partial charge is 0.316 e. The van der Waals surface area contributed by atoms with Crippen LogP contribution in [0.5, 0.6) is 0 Å². The van der Waals surface area contributed by atoms with Crippen LogP contribution in [0.3, 0.4) is 0 Å². The molecule has 1 aromatic carbocycles. The smallest absolute Gasteiger partial charge is 0.241 e. The van der Waals surface area contributed by atoms with Crippen LogP contribution in [0.4, 0.5) is 0 Å². The van der Waals surface area contributed by atoms with Crippen LogP contribution in [0, 0.1) is 5.92 Å². The van der Waals surface area contributed by atoms with Gasteiger partial charge in [0.25, 0.3) is 0 Å². The van der Waals surface area contributed by atoms with E-state index in [4.69, 9.17) is 0 Å². The normalized spacial score (nSPS) is 21.6. The van der Waals surface area contributed by atoms with Crippen molar-refractivity contribution in [2.24, 2.45) is 5.92 Å². The van der Waals surface area contributed by atoms with Gasteiger partial charge in [-0.05, 0) is 72.9 Å². The maximum absolute atomic E-state index is 12.4. The lowest BCUT2D eigenvalue weighted by atomic mass is 9.94. The molecule has 1 fully saturated rings. The number of benzene rings is 1. The van der Waals surface area contributed by atoms with E-state index < -0.39 is 10.0 Å². The van der Waals surface area contributed by atoms with E-state index >= 15 is 0 Å². The topological polar surface area (TPSA) is 58.2 Å². The van der Waals surface area contributed by atoms with E-state index in [0.717, 1.165) is 30.4 Å². The van der Waals surface area contributed by atoms with Crippen LogP contribution in [-0.2, 0) is 10.0 Å². The van der Waals surface area contributed by atoms with Crippen molar-refractivity contribution in [2.45, 2.75) is 30.7 Å². The molecule has 2 N–H and O–H groups in total. The van der Waals surface area contributed by atoms with Crippen LogP contribution in [0.25, 0.3) is 0 Å². The van der Waals surface area contributed by atoms with Gasteiger partial charge < -0.3 is 5.32 Å². The van der Waals surface area contributed by atoms with Crippen molar-refractivity contribution in [3.8, 4) is 0 Å². The molecule has 7 heteroatoms. The zero-order chi connectivity index (χ0) is 14.8. The van der Waals surface area contributed by atoms with Gasteiger partial charge in [0.1, 0.15) is 0 Å². The van der Waals surface area contributed by atoms with Crippen LogP contribution >= 0.6 is 31.9 Å². The Morgan fingerprint density at radius 3 is 2.75 bits per heavy atom. The zero-order valence-electron chi connectivity index (χ0n) is 11.2. The van der Waals surface area contributed by atoms with Gasteiger partial charge in [0, 0.05) is 15.0 Å². The monoisotopic (exact) mass is 424 g/mol. The fraction of sp³-hybridized carbons (Fsp3) is 0.538. The van der Waals surface area contributed by atoms with Gasteiger partial charge in [0.15, 0.2) is 0 Å². The highest BCUT2D eigenvalue weighted by Gasteiger charge is 2.26. The van der Waals surface area contributed by atoms with Gasteiger partial charge in [-0.25, -0.2) is 13.1 Å². The highest BCUT2D eigenvalue weighted by Crippen LogP contribution is 2.26. The fourth-order valence-electron chi connectivity index (χ4n) is 2.40. The van der Waals surface area contributed by atoms with E-state index in [1.807, 2.05) is 6.92 Å². The van der Waals surface area contributed by atoms with Crippen molar-refractivity contribution in [3.05, 3.63) is 27.1 Å². The summed E-state index contributed by atoms with van der Waals surface area (Å²) >= 11 is 6.63. The van der Waals surface area contributed by atoms with Crippen molar-refractivity contribution in [1.29, 1.82) is 0 Å². The van der Waals surface area contributed by atoms with Gasteiger partial charge >= 0.3 is 0 Å². The SMILES string of the molecule is CC(NS(=O)(=O)c1ccc(Br)cc1Br)C1CCCNC1. The van der Waals surface area contributed by atoms with Gasteiger partial charge in [-0.3, -0.25) is 0 Å². The van der Waals surface area contributed by atoms with E-state index in [1.54, 1.807) is 18.2 Å². The second-order valence-electron chi connectivity index (χ2n) is 5.09. The van der Waals surface area contributed by atoms with Crippen molar-refractivity contribution in [1.82, 2.24) is 10.0 Å². The maximum atomic E-state index is 12.4. The van der Waals surface area contributed by atoms with Crippen LogP contribution in [0.1, 0.15) is 19.8 Å². The Kier molecular flexibility index (Phi) is 5.64. The third kappa shape index (κ3) is 4.04. The number of sulfonamides is 1. The third-order valence-electron chi connectivity index (χ3n) is 3.57. The Morgan fingerprint density at radius 2 is 2.15 bits per heavy atom. The molecule has 0 spiro atoms. The molecule has 2 rings (SSSR count). The molecular weight excluding hydrogens is 408 g/mol. The molecule has 0 aliphatic carbocycles. The lowest BCUT2D eigenvalue weighted by molar-refractivity contribution is 0.320. The first-order chi connectivity index (χ1) is 9.40. The molecule has 4 nitrogen and oxygen atoms in total. The summed E-state index contributed by atoms with van der Waals surface area (Å²) in [5.74, 6) is 0.341. The van der Waals surface area contributed by atoms with Gasteiger partial charge in [-0.1, -0.05) is 15.9 Å². The van der Waals surface area contributed by atoms with E-state index in [2.05, 4.69) is 41.9 Å². The van der Waals surface area contributed by atoms with Crippen molar-refractivity contribution in [3.63, 3.8) is 0 Å². The first kappa shape index (κ1) is 16.4. The van der Waals surface area contributed by atoms with Crippen LogP contribution < -0.4 is 10.0 Å². The van der Waals surface area contributed by atoms with Gasteiger partial charge in [0.05, 0.1) is 4.90 Å². The minimum Gasteiger partial charge on any atom is -0.316 e. The fourth-order valence-corrected chi connectivity index (χ4v) is 5.46. The number of rotatable bonds is 4. The molecule has 2 unspecified atom stereocenters. The molecule has 0 saturated carbocycles. The Morgan fingerprint density at radius 1 is 1.40 bits per heavy atom. The molecule has 112 valence electrons. The Hall–Kier alpha value is 0.0500. The van der Waals surface area contributed by atoms with E-state index in [9.17, 15) is 8.42 Å². The minimum atomic E-state index is -3.50. The first-order valence-corrected chi connectivity index (χ1v) is 9.65. The predicted octanol–water partition coefficient (Wildman–Crippen LogP) is 2.88. The second kappa shape index (κ2) is 6.87. The molecule has 20 heavy (non-hydrogen) atoms. The summed E-state index contributed by atoms with van der Waals surface area (Å²) in [4.78, 5) is 0.274. The summed E-state index contributed by atoms with van der Waals surface area (Å²) < 4.78 is 29.1. The van der Waals surface area contributed by atoms with Gasteiger partial charge in [-0.2, -0.15) is 0 Å². The maximum Gasteiger partial charge on any atom is 0.241 e. The van der Waals surface area contributed by atoms with E-state index in [0.29, 0.717) is 10.4 Å². The second-order valence-corrected chi connectivity index (χ2v) is 8.54. The minimum absolute atomic E-state index is 0.0802. The van der Waals surface area contributed by atoms with Crippen molar-refractivity contribution < 1.29 is 8.42 Å². The van der Waals surface area contributed by atoms with E-state index in [-0.39, 0.29) is 10.9 Å². The number of nitrogens with one attached hydrogen (secondary N) is 2. The third-order valence-corrected chi connectivity index (χ3v) is 6.60. The number of halogens is 2. The summed E-state index contributed by atoms with van der Waals surface area (Å²) in [7, 11) is -3.50. The number of hydrogen-bond donors (Lipinski definition) is 2. The van der Waals surface area contributed by atoms with Crippen molar-refractivity contribution >= 4 is 41.9 Å². The lowest BCUT2D eigenvalue weighted by Crippen LogP contribution is -2.44. The summed E-state index contributed by atoms with van der Waals surface area (Å²) in [6.45, 7) is 3.82. The Bertz CT molecular complexity index is 572. The Balaban J connectivity index is 2.13. The summed E-state index contributed by atoms with van der Waals surface area (Å²) in [5.41, 5.74) is 0. The highest BCUT2D eigenvalue weighted by molar-refractivity contribution is 9.11. The predicted molar refractivity (Wildman–Crippen MR) is 87.2 cm³/mol. The molecule has 1 aromatic rings. The highest BCUT2D eigenvalue weighted by atomic mass is 79.9. The molecule has 1 aliphatic heterocycles. The molecule has 0 aromatic heterocycles. The molecular formula is C13H18Br2N2O2S. The zero-order valence-corrected chi connectivity index (χ0v) is 15.2. The molecule has 1 heterocycles. The van der Waals surface area contributed by atoms with Crippen LogP contribution in [-0.4, -0.2) is 27.5 Å². The molecule has 0 radical (unpaired) electrons. The molecule has 0 amide bonds. The van der Waals surface area contributed by atoms with E-state index in [1.165, 1.54) is 0 Å². The van der Waals surface area contributed by atoms with Crippen LogP contribution in [0.2, 0.25) is 0 Å². The first-order valence-electron chi connectivity index (χ1n) is 6.58. The summed E-state index contributed by atoms with van der Waals surface area (Å²) in [5, 5.41) is 3.31. The molecule has 2 atom stereocenters. The average Bonchev–Trinajstić information content (AvgIpc) is 2.38. The number of hydrogen-bond acceptors (Lipinski definition) is 3. The van der Waals surface area contributed by atoms with Gasteiger partial charge in [0.2, 0.25) is 10.0 Å². The molecule has 0 bridgehead atoms. The molecule has 1 aliphatic rings. The van der Waals surface area contributed by atoms with Crippen LogP contribution in [0.15, 0.2) is 32.0 Å². The molecule has 1 saturated heterocycles. The number of piperidine rings is 1.